The second kappa shape index (κ2) is 3.77. The molecule has 0 spiro atoms. The molecule has 1 heteroatoms. The Bertz CT molecular complexity index is 807. The van der Waals surface area contributed by atoms with Crippen molar-refractivity contribution in [2.75, 3.05) is 0 Å². The maximum atomic E-state index is 3.47. The molecule has 1 nitrogen and oxygen atoms in total. The van der Waals surface area contributed by atoms with Gasteiger partial charge in [-0.05, 0) is 30.7 Å². The zero-order valence-corrected chi connectivity index (χ0v) is 10.1. The second-order valence-electron chi connectivity index (χ2n) is 4.24. The lowest BCUT2D eigenvalue weighted by Crippen LogP contribution is -2.21. The van der Waals surface area contributed by atoms with Crippen molar-refractivity contribution in [3.8, 4) is 0 Å². The van der Waals surface area contributed by atoms with Crippen molar-refractivity contribution < 1.29 is 0 Å². The van der Waals surface area contributed by atoms with Gasteiger partial charge in [0.15, 0.2) is 0 Å². The van der Waals surface area contributed by atoms with Gasteiger partial charge in [-0.1, -0.05) is 42.5 Å². The minimum absolute atomic E-state index is 1.21. The van der Waals surface area contributed by atoms with Crippen LogP contribution in [0, 0.1) is 0 Å². The minimum Gasteiger partial charge on any atom is -0.355 e. The van der Waals surface area contributed by atoms with E-state index in [2.05, 4.69) is 67.4 Å². The maximum Gasteiger partial charge on any atom is 0.0471 e. The van der Waals surface area contributed by atoms with Crippen LogP contribution in [0.25, 0.3) is 33.8 Å². The van der Waals surface area contributed by atoms with Gasteiger partial charge in [0.25, 0.3) is 0 Å². The number of benzene rings is 2. The molecule has 3 aromatic rings. The first-order valence-electron chi connectivity index (χ1n) is 5.97. The molecule has 1 N–H and O–H groups in total. The molecule has 0 aliphatic carbocycles. The van der Waals surface area contributed by atoms with Gasteiger partial charge < -0.3 is 4.98 Å². The van der Waals surface area contributed by atoms with Crippen molar-refractivity contribution in [2.24, 2.45) is 0 Å². The van der Waals surface area contributed by atoms with Crippen LogP contribution in [0.15, 0.2) is 36.4 Å². The van der Waals surface area contributed by atoms with Gasteiger partial charge >= 0.3 is 0 Å². The predicted octanol–water partition coefficient (Wildman–Crippen LogP) is 2.92. The molecule has 0 unspecified atom stereocenters. The fourth-order valence-corrected chi connectivity index (χ4v) is 2.54. The van der Waals surface area contributed by atoms with E-state index in [4.69, 9.17) is 0 Å². The normalized spacial score (nSPS) is 14.0. The Balaban J connectivity index is 2.71. The van der Waals surface area contributed by atoms with Gasteiger partial charge in [0.2, 0.25) is 0 Å². The molecule has 0 amide bonds. The van der Waals surface area contributed by atoms with Crippen LogP contribution >= 0.6 is 0 Å². The third kappa shape index (κ3) is 1.39. The smallest absolute Gasteiger partial charge is 0.0471 e. The van der Waals surface area contributed by atoms with Crippen LogP contribution in [0.1, 0.15) is 13.8 Å². The molecule has 84 valence electrons. The molecule has 1 aromatic heterocycles. The Kier molecular flexibility index (Phi) is 2.25. The van der Waals surface area contributed by atoms with Crippen LogP contribution in [-0.2, 0) is 0 Å². The third-order valence-corrected chi connectivity index (χ3v) is 3.34. The number of rotatable bonds is 0. The number of H-pyrrole nitrogens is 1. The number of nitrogens with one attached hydrogen (secondary N) is 1. The summed E-state index contributed by atoms with van der Waals surface area (Å²) in [6.07, 6.45) is 4.31. The monoisotopic (exact) mass is 221 g/mol. The van der Waals surface area contributed by atoms with E-state index in [1.165, 1.54) is 32.2 Å². The van der Waals surface area contributed by atoms with Crippen LogP contribution in [0.2, 0.25) is 0 Å². The molecule has 0 radical (unpaired) electrons. The Hall–Kier alpha value is -2.02. The highest BCUT2D eigenvalue weighted by molar-refractivity contribution is 6.06. The lowest BCUT2D eigenvalue weighted by molar-refractivity contribution is 1.35. The zero-order valence-electron chi connectivity index (χ0n) is 10.1. The molecule has 17 heavy (non-hydrogen) atoms. The predicted molar refractivity (Wildman–Crippen MR) is 75.3 cm³/mol. The van der Waals surface area contributed by atoms with Crippen molar-refractivity contribution >= 4 is 33.8 Å². The van der Waals surface area contributed by atoms with Crippen LogP contribution in [0.4, 0.5) is 0 Å². The highest BCUT2D eigenvalue weighted by Crippen LogP contribution is 2.20. The van der Waals surface area contributed by atoms with E-state index in [0.29, 0.717) is 0 Å². The van der Waals surface area contributed by atoms with Crippen LogP contribution in [0.5, 0.6) is 0 Å². The number of fused-ring (bicyclic) bond motifs is 3. The van der Waals surface area contributed by atoms with Gasteiger partial charge in [-0.2, -0.15) is 0 Å². The van der Waals surface area contributed by atoms with Gasteiger partial charge in [0, 0.05) is 21.5 Å². The molecule has 3 rings (SSSR count). The van der Waals surface area contributed by atoms with E-state index < -0.39 is 0 Å². The highest BCUT2D eigenvalue weighted by Gasteiger charge is 2.03. The third-order valence-electron chi connectivity index (χ3n) is 3.34. The van der Waals surface area contributed by atoms with E-state index in [1.807, 2.05) is 0 Å². The van der Waals surface area contributed by atoms with Gasteiger partial charge in [-0.15, -0.1) is 0 Å². The summed E-state index contributed by atoms with van der Waals surface area (Å²) in [7, 11) is 0. The highest BCUT2D eigenvalue weighted by atomic mass is 14.7. The first kappa shape index (κ1) is 10.2. The van der Waals surface area contributed by atoms with Gasteiger partial charge in [-0.3, -0.25) is 0 Å². The van der Waals surface area contributed by atoms with E-state index in [-0.39, 0.29) is 0 Å². The largest absolute Gasteiger partial charge is 0.355 e. The molecule has 0 fully saturated rings. The molecular weight excluding hydrogens is 206 g/mol. The van der Waals surface area contributed by atoms with Gasteiger partial charge in [0.05, 0.1) is 0 Å². The average Bonchev–Trinajstić information content (AvgIpc) is 2.76. The van der Waals surface area contributed by atoms with E-state index in [9.17, 15) is 0 Å². The Labute approximate surface area is 100 Å². The van der Waals surface area contributed by atoms with Crippen molar-refractivity contribution in [1.82, 2.24) is 4.98 Å². The quantitative estimate of drug-likeness (QED) is 0.601. The summed E-state index contributed by atoms with van der Waals surface area (Å²) < 4.78 is 0. The summed E-state index contributed by atoms with van der Waals surface area (Å²) in [5, 5.41) is 6.46. The first-order valence-corrected chi connectivity index (χ1v) is 5.97. The standard InChI is InChI=1S/C16H15N/c1-3-12-14(4-2)17-15-10-9-11-7-5-6-8-13(11)16(12)15/h3-10,17H,1-2H3/b12-3+,14-4+. The van der Waals surface area contributed by atoms with E-state index in [1.54, 1.807) is 0 Å². The topological polar surface area (TPSA) is 15.8 Å². The van der Waals surface area contributed by atoms with Gasteiger partial charge in [-0.25, -0.2) is 0 Å². The Morgan fingerprint density at radius 1 is 0.941 bits per heavy atom. The molecule has 0 bridgehead atoms. The molecule has 0 aliphatic heterocycles. The van der Waals surface area contributed by atoms with Crippen molar-refractivity contribution in [1.29, 1.82) is 0 Å². The van der Waals surface area contributed by atoms with Crippen molar-refractivity contribution in [3.63, 3.8) is 0 Å². The lowest BCUT2D eigenvalue weighted by atomic mass is 10.1. The molecule has 0 saturated carbocycles. The molecular formula is C16H15N. The van der Waals surface area contributed by atoms with Crippen molar-refractivity contribution in [2.45, 2.75) is 13.8 Å². The Morgan fingerprint density at radius 3 is 2.53 bits per heavy atom. The summed E-state index contributed by atoms with van der Waals surface area (Å²) >= 11 is 0. The second-order valence-corrected chi connectivity index (χ2v) is 4.24. The molecule has 0 atom stereocenters. The SMILES string of the molecule is C/C=c1\c(=C/C)[nH]c2ccc3ccccc3c12. The number of aromatic amines is 1. The van der Waals surface area contributed by atoms with Gasteiger partial charge in [0.1, 0.15) is 0 Å². The number of aromatic nitrogens is 1. The molecule has 0 aliphatic rings. The molecule has 0 saturated heterocycles. The summed E-state index contributed by atoms with van der Waals surface area (Å²) in [4.78, 5) is 3.47. The molecule has 1 heterocycles. The molecule has 2 aromatic carbocycles. The summed E-state index contributed by atoms with van der Waals surface area (Å²) in [5.74, 6) is 0. The number of hydrogen-bond acceptors (Lipinski definition) is 0. The van der Waals surface area contributed by atoms with Crippen molar-refractivity contribution in [3.05, 3.63) is 47.0 Å². The summed E-state index contributed by atoms with van der Waals surface area (Å²) in [5.41, 5.74) is 1.21. The lowest BCUT2D eigenvalue weighted by Gasteiger charge is -1.98. The van der Waals surface area contributed by atoms with Crippen LogP contribution in [0.3, 0.4) is 0 Å². The van der Waals surface area contributed by atoms with E-state index >= 15 is 0 Å². The van der Waals surface area contributed by atoms with Crippen LogP contribution < -0.4 is 10.6 Å². The minimum atomic E-state index is 1.21. The van der Waals surface area contributed by atoms with E-state index in [0.717, 1.165) is 0 Å². The fourth-order valence-electron chi connectivity index (χ4n) is 2.54. The summed E-state index contributed by atoms with van der Waals surface area (Å²) in [6, 6.07) is 12.9. The average molecular weight is 221 g/mol. The van der Waals surface area contributed by atoms with Crippen LogP contribution in [-0.4, -0.2) is 4.98 Å². The summed E-state index contributed by atoms with van der Waals surface area (Å²) in [6.45, 7) is 4.16. The fraction of sp³-hybridized carbons (Fsp3) is 0.125. The Morgan fingerprint density at radius 2 is 1.76 bits per heavy atom. The first-order chi connectivity index (χ1) is 8.35. The zero-order chi connectivity index (χ0) is 11.8. The maximum absolute atomic E-state index is 3.47. The number of hydrogen-bond donors (Lipinski definition) is 1.